The normalized spacial score (nSPS) is 20.1. The summed E-state index contributed by atoms with van der Waals surface area (Å²) < 4.78 is 16.2. The number of piperidine rings is 1. The molecule has 0 spiro atoms. The van der Waals surface area contributed by atoms with Gasteiger partial charge < -0.3 is 14.2 Å². The van der Waals surface area contributed by atoms with Crippen molar-refractivity contribution in [1.29, 1.82) is 0 Å². The number of hydrazone groups is 1. The summed E-state index contributed by atoms with van der Waals surface area (Å²) in [5, 5.41) is 6.39. The molecule has 36 heavy (non-hydrogen) atoms. The first-order valence-corrected chi connectivity index (χ1v) is 12.5. The van der Waals surface area contributed by atoms with Crippen molar-refractivity contribution in [3.05, 3.63) is 59.2 Å². The van der Waals surface area contributed by atoms with Crippen LogP contribution in [-0.4, -0.2) is 67.5 Å². The number of hydrogen-bond donors (Lipinski definition) is 0. The lowest BCUT2D eigenvalue weighted by Gasteiger charge is -2.34. The Kier molecular flexibility index (Phi) is 8.25. The topological polar surface area (TPSA) is 80.7 Å². The second-order valence-electron chi connectivity index (χ2n) is 9.22. The summed E-state index contributed by atoms with van der Waals surface area (Å²) in [6.45, 7) is 4.97. The third kappa shape index (κ3) is 5.54. The number of rotatable bonds is 8. The van der Waals surface area contributed by atoms with Crippen LogP contribution in [0.5, 0.6) is 11.5 Å². The Hall–Kier alpha value is -3.39. The molecule has 0 aromatic heterocycles. The fourth-order valence-electron chi connectivity index (χ4n) is 4.92. The number of aryl methyl sites for hydroxylation is 1. The molecule has 0 N–H and O–H groups in total. The molecule has 8 nitrogen and oxygen atoms in total. The van der Waals surface area contributed by atoms with Crippen molar-refractivity contribution in [3.8, 4) is 11.5 Å². The molecule has 1 saturated heterocycles. The highest BCUT2D eigenvalue weighted by Crippen LogP contribution is 2.36. The largest absolute Gasteiger partial charge is 0.497 e. The molecule has 2 heterocycles. The first-order valence-electron chi connectivity index (χ1n) is 12.5. The predicted molar refractivity (Wildman–Crippen MR) is 137 cm³/mol. The minimum Gasteiger partial charge on any atom is -0.497 e. The molecular formula is C28H35N3O5. The van der Waals surface area contributed by atoms with Crippen LogP contribution < -0.4 is 9.47 Å². The molecule has 0 unspecified atom stereocenters. The van der Waals surface area contributed by atoms with Crippen LogP contribution in [-0.2, 0) is 14.3 Å². The number of hydrogen-bond acceptors (Lipinski definition) is 7. The Morgan fingerprint density at radius 3 is 2.53 bits per heavy atom. The molecule has 1 amide bonds. The molecule has 0 radical (unpaired) electrons. The van der Waals surface area contributed by atoms with Gasteiger partial charge in [0.25, 0.3) is 5.91 Å². The molecule has 2 aliphatic rings. The monoisotopic (exact) mass is 493 g/mol. The number of amides is 1. The van der Waals surface area contributed by atoms with Crippen molar-refractivity contribution < 1.29 is 23.8 Å². The Bertz CT molecular complexity index is 1110. The van der Waals surface area contributed by atoms with E-state index in [1.54, 1.807) is 26.2 Å². The smallest absolute Gasteiger partial charge is 0.323 e. The summed E-state index contributed by atoms with van der Waals surface area (Å²) in [4.78, 5) is 28.2. The number of ether oxygens (including phenoxy) is 3. The zero-order valence-corrected chi connectivity index (χ0v) is 21.5. The summed E-state index contributed by atoms with van der Waals surface area (Å²) in [6.07, 6.45) is 3.15. The second-order valence-corrected chi connectivity index (χ2v) is 9.22. The summed E-state index contributed by atoms with van der Waals surface area (Å²) >= 11 is 0. The van der Waals surface area contributed by atoms with Gasteiger partial charge in [0.2, 0.25) is 0 Å². The highest BCUT2D eigenvalue weighted by molar-refractivity contribution is 6.05. The van der Waals surface area contributed by atoms with E-state index in [1.807, 2.05) is 54.3 Å². The molecular weight excluding hydrogens is 458 g/mol. The number of benzene rings is 2. The number of esters is 1. The molecule has 2 aromatic rings. The van der Waals surface area contributed by atoms with Gasteiger partial charge in [-0.05, 0) is 50.9 Å². The summed E-state index contributed by atoms with van der Waals surface area (Å²) in [6, 6.07) is 13.1. The zero-order chi connectivity index (χ0) is 25.7. The number of carbonyl (C=O) groups is 2. The van der Waals surface area contributed by atoms with Crippen LogP contribution in [0.25, 0.3) is 0 Å². The van der Waals surface area contributed by atoms with Crippen LogP contribution in [0.2, 0.25) is 0 Å². The Labute approximate surface area is 212 Å². The summed E-state index contributed by atoms with van der Waals surface area (Å²) in [5.74, 6) is 0.934. The number of methoxy groups -OCH3 is 2. The fraction of sp³-hybridized carbons (Fsp3) is 0.464. The van der Waals surface area contributed by atoms with Gasteiger partial charge >= 0.3 is 5.97 Å². The van der Waals surface area contributed by atoms with Gasteiger partial charge in [-0.25, -0.2) is 5.01 Å². The summed E-state index contributed by atoms with van der Waals surface area (Å²) in [5.41, 5.74) is 3.76. The molecule has 0 bridgehead atoms. The first-order chi connectivity index (χ1) is 17.4. The zero-order valence-electron chi connectivity index (χ0n) is 21.5. The maximum Gasteiger partial charge on any atom is 0.323 e. The van der Waals surface area contributed by atoms with Crippen molar-refractivity contribution in [2.45, 2.75) is 51.6 Å². The van der Waals surface area contributed by atoms with Crippen molar-refractivity contribution >= 4 is 17.6 Å². The molecule has 192 valence electrons. The van der Waals surface area contributed by atoms with E-state index in [9.17, 15) is 9.59 Å². The van der Waals surface area contributed by atoms with E-state index in [-0.39, 0.29) is 24.5 Å². The van der Waals surface area contributed by atoms with Crippen LogP contribution in [0.1, 0.15) is 55.3 Å². The third-order valence-corrected chi connectivity index (χ3v) is 6.86. The predicted octanol–water partition coefficient (Wildman–Crippen LogP) is 4.11. The minimum atomic E-state index is -0.395. The van der Waals surface area contributed by atoms with Crippen LogP contribution >= 0.6 is 0 Å². The fourth-order valence-corrected chi connectivity index (χ4v) is 4.92. The van der Waals surface area contributed by atoms with Crippen molar-refractivity contribution in [1.82, 2.24) is 9.91 Å². The lowest BCUT2D eigenvalue weighted by Crippen LogP contribution is -2.49. The summed E-state index contributed by atoms with van der Waals surface area (Å²) in [7, 11) is 3.22. The molecule has 0 saturated carbocycles. The average molecular weight is 494 g/mol. The van der Waals surface area contributed by atoms with E-state index in [1.165, 1.54) is 0 Å². The van der Waals surface area contributed by atoms with Crippen LogP contribution in [0.3, 0.4) is 0 Å². The van der Waals surface area contributed by atoms with E-state index in [0.29, 0.717) is 37.5 Å². The van der Waals surface area contributed by atoms with Gasteiger partial charge in [-0.3, -0.25) is 14.5 Å². The van der Waals surface area contributed by atoms with Crippen LogP contribution in [0.4, 0.5) is 0 Å². The van der Waals surface area contributed by atoms with Gasteiger partial charge in [-0.15, -0.1) is 0 Å². The lowest BCUT2D eigenvalue weighted by molar-refractivity contribution is -0.152. The van der Waals surface area contributed by atoms with E-state index >= 15 is 0 Å². The van der Waals surface area contributed by atoms with Gasteiger partial charge in [-0.1, -0.05) is 36.2 Å². The highest BCUT2D eigenvalue weighted by Gasteiger charge is 2.37. The first kappa shape index (κ1) is 25.7. The van der Waals surface area contributed by atoms with E-state index < -0.39 is 6.04 Å². The van der Waals surface area contributed by atoms with Gasteiger partial charge in [0.1, 0.15) is 17.5 Å². The molecule has 8 heteroatoms. The van der Waals surface area contributed by atoms with Gasteiger partial charge in [0.15, 0.2) is 0 Å². The molecule has 4 rings (SSSR count). The minimum absolute atomic E-state index is 0.113. The SMILES string of the molecule is CCOC(=O)[C@@H]1CCCCN1CC(=O)N1N=C(c2ccc(OC)cc2OC)C[C@H]1c1ccc(C)cc1. The number of carbonyl (C=O) groups excluding carboxylic acids is 2. The van der Waals surface area contributed by atoms with Crippen molar-refractivity contribution in [2.24, 2.45) is 5.10 Å². The van der Waals surface area contributed by atoms with Crippen molar-refractivity contribution in [2.75, 3.05) is 33.9 Å². The standard InChI is InChI=1S/C28H35N3O5/c1-5-36-28(33)24-8-6-7-15-30(24)18-27(32)31-25(20-11-9-19(2)10-12-20)17-23(29-31)22-14-13-21(34-3)16-26(22)35-4/h9-14,16,24-25H,5-8,15,17-18H2,1-4H3/t24-,25-/m0/s1. The quantitative estimate of drug-likeness (QED) is 0.515. The lowest BCUT2D eigenvalue weighted by atomic mass is 9.97. The molecule has 2 atom stereocenters. The van der Waals surface area contributed by atoms with E-state index in [0.717, 1.165) is 35.2 Å². The van der Waals surface area contributed by atoms with Gasteiger partial charge in [-0.2, -0.15) is 5.10 Å². The second kappa shape index (κ2) is 11.6. The Morgan fingerprint density at radius 2 is 1.83 bits per heavy atom. The van der Waals surface area contributed by atoms with Crippen molar-refractivity contribution in [3.63, 3.8) is 0 Å². The maximum atomic E-state index is 13.7. The number of nitrogens with zero attached hydrogens (tertiary/aromatic N) is 3. The molecule has 1 fully saturated rings. The molecule has 2 aliphatic heterocycles. The van der Waals surface area contributed by atoms with Gasteiger partial charge in [0, 0.05) is 18.1 Å². The molecule has 2 aromatic carbocycles. The average Bonchev–Trinajstić information content (AvgIpc) is 3.34. The van der Waals surface area contributed by atoms with Crippen LogP contribution in [0.15, 0.2) is 47.6 Å². The Morgan fingerprint density at radius 1 is 1.06 bits per heavy atom. The Balaban J connectivity index is 1.64. The van der Waals surface area contributed by atoms with E-state index in [2.05, 4.69) is 0 Å². The number of likely N-dealkylation sites (tertiary alicyclic amines) is 1. The molecule has 0 aliphatic carbocycles. The third-order valence-electron chi connectivity index (χ3n) is 6.86. The highest BCUT2D eigenvalue weighted by atomic mass is 16.5. The van der Waals surface area contributed by atoms with Crippen LogP contribution in [0, 0.1) is 6.92 Å². The van der Waals surface area contributed by atoms with E-state index in [4.69, 9.17) is 19.3 Å². The maximum absolute atomic E-state index is 13.7. The van der Waals surface area contributed by atoms with Gasteiger partial charge in [0.05, 0.1) is 39.1 Å².